The van der Waals surface area contributed by atoms with Crippen LogP contribution >= 0.6 is 0 Å². The monoisotopic (exact) mass is 308 g/mol. The van der Waals surface area contributed by atoms with Gasteiger partial charge in [0.1, 0.15) is 12.4 Å². The Balaban J connectivity index is 1.61. The quantitative estimate of drug-likeness (QED) is 0.590. The third kappa shape index (κ3) is 4.71. The van der Waals surface area contributed by atoms with E-state index in [0.29, 0.717) is 13.2 Å². The van der Waals surface area contributed by atoms with Crippen molar-refractivity contribution in [3.05, 3.63) is 12.4 Å². The molecule has 2 aromatic heterocycles. The van der Waals surface area contributed by atoms with E-state index in [1.807, 2.05) is 23.2 Å². The summed E-state index contributed by atoms with van der Waals surface area (Å²) in [5, 5.41) is 15.8. The number of nitrogens with zero attached hydrogens (tertiary/aromatic N) is 6. The fourth-order valence-electron chi connectivity index (χ4n) is 2.20. The molecule has 22 heavy (non-hydrogen) atoms. The van der Waals surface area contributed by atoms with Crippen molar-refractivity contribution >= 4 is 0 Å². The van der Waals surface area contributed by atoms with Crippen molar-refractivity contribution in [3.63, 3.8) is 0 Å². The molecule has 0 aliphatic heterocycles. The van der Waals surface area contributed by atoms with E-state index in [-0.39, 0.29) is 0 Å². The van der Waals surface area contributed by atoms with E-state index in [9.17, 15) is 0 Å². The standard InChI is InChI=1S/C14H24N6O2/c1-3-21-13-11-15-17-19(13)9-7-5-6-8-10-20-14(22-4-2)12-16-18-20/h11-12H,3-10H2,1-2H3. The Hall–Kier alpha value is -2.12. The lowest BCUT2D eigenvalue weighted by Gasteiger charge is -2.07. The van der Waals surface area contributed by atoms with Crippen molar-refractivity contribution in [3.8, 4) is 11.8 Å². The van der Waals surface area contributed by atoms with Gasteiger partial charge >= 0.3 is 0 Å². The number of hydrogen-bond acceptors (Lipinski definition) is 6. The highest BCUT2D eigenvalue weighted by atomic mass is 16.5. The maximum absolute atomic E-state index is 5.45. The second-order valence-electron chi connectivity index (χ2n) is 4.87. The van der Waals surface area contributed by atoms with Gasteiger partial charge in [-0.1, -0.05) is 23.3 Å². The van der Waals surface area contributed by atoms with Crippen LogP contribution in [0.2, 0.25) is 0 Å². The Morgan fingerprint density at radius 1 is 0.773 bits per heavy atom. The SMILES string of the molecule is CCOc1cnnn1CCCCCCn1nncc1OCC. The first-order valence-corrected chi connectivity index (χ1v) is 7.87. The Morgan fingerprint density at radius 3 is 1.64 bits per heavy atom. The van der Waals surface area contributed by atoms with Gasteiger partial charge in [0, 0.05) is 13.1 Å². The van der Waals surface area contributed by atoms with E-state index < -0.39 is 0 Å². The van der Waals surface area contributed by atoms with Crippen LogP contribution in [0.1, 0.15) is 39.5 Å². The molecule has 0 fully saturated rings. The molecule has 0 aliphatic carbocycles. The van der Waals surface area contributed by atoms with Crippen LogP contribution in [0.5, 0.6) is 11.8 Å². The van der Waals surface area contributed by atoms with E-state index in [1.54, 1.807) is 12.4 Å². The normalized spacial score (nSPS) is 10.8. The minimum Gasteiger partial charge on any atom is -0.477 e. The van der Waals surface area contributed by atoms with Gasteiger partial charge < -0.3 is 9.47 Å². The lowest BCUT2D eigenvalue weighted by atomic mass is 10.2. The molecule has 8 heteroatoms. The molecule has 0 radical (unpaired) electrons. The van der Waals surface area contributed by atoms with Gasteiger partial charge in [-0.25, -0.2) is 9.36 Å². The van der Waals surface area contributed by atoms with Crippen molar-refractivity contribution in [2.75, 3.05) is 13.2 Å². The second kappa shape index (κ2) is 9.01. The molecule has 0 atom stereocenters. The van der Waals surface area contributed by atoms with Crippen molar-refractivity contribution in [1.29, 1.82) is 0 Å². The average Bonchev–Trinajstić information content (AvgIpc) is 3.14. The lowest BCUT2D eigenvalue weighted by Crippen LogP contribution is -2.06. The molecular formula is C14H24N6O2. The number of aromatic nitrogens is 6. The molecule has 0 saturated heterocycles. The molecule has 2 rings (SSSR count). The second-order valence-corrected chi connectivity index (χ2v) is 4.87. The Bertz CT molecular complexity index is 491. The van der Waals surface area contributed by atoms with E-state index in [4.69, 9.17) is 9.47 Å². The van der Waals surface area contributed by atoms with Gasteiger partial charge in [-0.3, -0.25) is 0 Å². The van der Waals surface area contributed by atoms with Gasteiger partial charge in [-0.2, -0.15) is 0 Å². The number of rotatable bonds is 11. The van der Waals surface area contributed by atoms with Crippen LogP contribution in [0.25, 0.3) is 0 Å². The molecule has 0 amide bonds. The van der Waals surface area contributed by atoms with Crippen LogP contribution < -0.4 is 9.47 Å². The maximum Gasteiger partial charge on any atom is 0.232 e. The number of unbranched alkanes of at least 4 members (excludes halogenated alkanes) is 3. The Morgan fingerprint density at radius 2 is 1.23 bits per heavy atom. The highest BCUT2D eigenvalue weighted by Crippen LogP contribution is 2.12. The summed E-state index contributed by atoms with van der Waals surface area (Å²) in [6, 6.07) is 0. The molecule has 2 heterocycles. The number of ether oxygens (including phenoxy) is 2. The van der Waals surface area contributed by atoms with Crippen LogP contribution in [0, 0.1) is 0 Å². The van der Waals surface area contributed by atoms with Gasteiger partial charge in [0.05, 0.1) is 13.2 Å². The van der Waals surface area contributed by atoms with Gasteiger partial charge in [-0.15, -0.1) is 10.2 Å². The molecular weight excluding hydrogens is 284 g/mol. The summed E-state index contributed by atoms with van der Waals surface area (Å²) in [5.41, 5.74) is 0. The van der Waals surface area contributed by atoms with Crippen LogP contribution in [-0.4, -0.2) is 43.2 Å². The van der Waals surface area contributed by atoms with Crippen LogP contribution in [-0.2, 0) is 13.1 Å². The molecule has 122 valence electrons. The summed E-state index contributed by atoms with van der Waals surface area (Å²) in [7, 11) is 0. The molecule has 2 aromatic rings. The van der Waals surface area contributed by atoms with Crippen molar-refractivity contribution in [1.82, 2.24) is 30.0 Å². The Labute approximate surface area is 130 Å². The zero-order valence-electron chi connectivity index (χ0n) is 13.3. The molecule has 0 spiro atoms. The van der Waals surface area contributed by atoms with Gasteiger partial charge in [0.2, 0.25) is 11.8 Å². The van der Waals surface area contributed by atoms with E-state index in [2.05, 4.69) is 20.6 Å². The first-order valence-electron chi connectivity index (χ1n) is 7.87. The molecule has 0 aliphatic rings. The van der Waals surface area contributed by atoms with Crippen LogP contribution in [0.15, 0.2) is 12.4 Å². The summed E-state index contributed by atoms with van der Waals surface area (Å²) >= 11 is 0. The number of aryl methyl sites for hydroxylation is 2. The van der Waals surface area contributed by atoms with Crippen LogP contribution in [0.3, 0.4) is 0 Å². The summed E-state index contributed by atoms with van der Waals surface area (Å²) < 4.78 is 14.5. The highest BCUT2D eigenvalue weighted by Gasteiger charge is 2.05. The number of hydrogen-bond donors (Lipinski definition) is 0. The maximum atomic E-state index is 5.45. The van der Waals surface area contributed by atoms with Crippen molar-refractivity contribution < 1.29 is 9.47 Å². The smallest absolute Gasteiger partial charge is 0.232 e. The fraction of sp³-hybridized carbons (Fsp3) is 0.714. The Kier molecular flexibility index (Phi) is 6.66. The summed E-state index contributed by atoms with van der Waals surface area (Å²) in [5.74, 6) is 1.48. The first kappa shape index (κ1) is 16.3. The zero-order valence-corrected chi connectivity index (χ0v) is 13.3. The largest absolute Gasteiger partial charge is 0.477 e. The minimum atomic E-state index is 0.632. The first-order chi connectivity index (χ1) is 10.8. The highest BCUT2D eigenvalue weighted by molar-refractivity contribution is 5.01. The average molecular weight is 308 g/mol. The molecule has 0 N–H and O–H groups in total. The fourth-order valence-corrected chi connectivity index (χ4v) is 2.20. The van der Waals surface area contributed by atoms with Crippen molar-refractivity contribution in [2.45, 2.75) is 52.6 Å². The third-order valence-electron chi connectivity index (χ3n) is 3.24. The molecule has 0 bridgehead atoms. The predicted molar refractivity (Wildman–Crippen MR) is 80.9 cm³/mol. The topological polar surface area (TPSA) is 79.9 Å². The van der Waals surface area contributed by atoms with E-state index >= 15 is 0 Å². The minimum absolute atomic E-state index is 0.632. The van der Waals surface area contributed by atoms with Gasteiger partial charge in [-0.05, 0) is 26.7 Å². The lowest BCUT2D eigenvalue weighted by molar-refractivity contribution is 0.295. The van der Waals surface area contributed by atoms with E-state index in [0.717, 1.165) is 50.5 Å². The summed E-state index contributed by atoms with van der Waals surface area (Å²) in [6.07, 6.45) is 7.68. The molecule has 0 unspecified atom stereocenters. The summed E-state index contributed by atoms with van der Waals surface area (Å²) in [4.78, 5) is 0. The summed E-state index contributed by atoms with van der Waals surface area (Å²) in [6.45, 7) is 6.85. The zero-order chi connectivity index (χ0) is 15.6. The third-order valence-corrected chi connectivity index (χ3v) is 3.24. The van der Waals surface area contributed by atoms with Crippen molar-refractivity contribution in [2.24, 2.45) is 0 Å². The molecule has 8 nitrogen and oxygen atoms in total. The molecule has 0 saturated carbocycles. The molecule has 0 aromatic carbocycles. The predicted octanol–water partition coefficient (Wildman–Crippen LogP) is 1.93. The van der Waals surface area contributed by atoms with Gasteiger partial charge in [0.25, 0.3) is 0 Å². The van der Waals surface area contributed by atoms with E-state index in [1.165, 1.54) is 0 Å². The van der Waals surface area contributed by atoms with Crippen LogP contribution in [0.4, 0.5) is 0 Å². The van der Waals surface area contributed by atoms with Gasteiger partial charge in [0.15, 0.2) is 0 Å².